The topological polar surface area (TPSA) is 48.0 Å². The first-order valence-electron chi connectivity index (χ1n) is 5.85. The van der Waals surface area contributed by atoms with Crippen LogP contribution in [-0.4, -0.2) is 14.3 Å². The Kier molecular flexibility index (Phi) is 5.80. The summed E-state index contributed by atoms with van der Waals surface area (Å²) >= 11 is 4.29. The molecule has 1 rings (SSSR count). The van der Waals surface area contributed by atoms with Crippen LogP contribution in [0, 0.1) is 5.82 Å². The van der Waals surface area contributed by atoms with Crippen molar-refractivity contribution in [2.24, 2.45) is 0 Å². The van der Waals surface area contributed by atoms with E-state index in [1.807, 2.05) is 20.8 Å². The lowest BCUT2D eigenvalue weighted by molar-refractivity contribution is 0.522. The first-order valence-corrected chi connectivity index (χ1v) is 7.38. The monoisotopic (exact) mass is 304 g/mol. The normalized spacial score (nSPS) is 15.1. The van der Waals surface area contributed by atoms with Gasteiger partial charge in [-0.15, -0.1) is 11.3 Å². The van der Waals surface area contributed by atoms with Crippen LogP contribution in [0.4, 0.5) is 4.39 Å². The third-order valence-corrected chi connectivity index (χ3v) is 4.32. The summed E-state index contributed by atoms with van der Waals surface area (Å²) in [4.78, 5) is 3.77. The summed E-state index contributed by atoms with van der Waals surface area (Å²) in [6, 6.07) is 0.993. The molecular formula is C13H18ClFN2OS. The fourth-order valence-corrected chi connectivity index (χ4v) is 2.30. The van der Waals surface area contributed by atoms with Crippen molar-refractivity contribution >= 4 is 23.0 Å². The Labute approximate surface area is 121 Å². The van der Waals surface area contributed by atoms with E-state index in [1.165, 1.54) is 12.3 Å². The number of halogens is 2. The lowest BCUT2D eigenvalue weighted by Gasteiger charge is -2.27. The number of aromatic nitrogens is 1. The molecule has 0 radical (unpaired) electrons. The van der Waals surface area contributed by atoms with Gasteiger partial charge in [0.15, 0.2) is 11.0 Å². The molecule has 2 atom stereocenters. The third kappa shape index (κ3) is 4.76. The summed E-state index contributed by atoms with van der Waals surface area (Å²) in [5.74, 6) is -0.587. The minimum absolute atomic E-state index is 0.168. The van der Waals surface area contributed by atoms with Gasteiger partial charge in [-0.3, -0.25) is 0 Å². The number of rotatable bonds is 5. The molecule has 0 aromatic carbocycles. The Bertz CT molecular complexity index is 451. The van der Waals surface area contributed by atoms with Gasteiger partial charge in [0, 0.05) is 17.6 Å². The fraction of sp³-hybridized carbons (Fsp3) is 0.462. The molecule has 6 heteroatoms. The predicted octanol–water partition coefficient (Wildman–Crippen LogP) is 3.54. The second-order valence-electron chi connectivity index (χ2n) is 5.12. The van der Waals surface area contributed by atoms with Gasteiger partial charge in [-0.05, 0) is 38.8 Å². The van der Waals surface area contributed by atoms with Gasteiger partial charge >= 0.3 is 0 Å². The van der Waals surface area contributed by atoms with Crippen LogP contribution in [0.15, 0.2) is 24.9 Å². The zero-order valence-corrected chi connectivity index (χ0v) is 12.8. The summed E-state index contributed by atoms with van der Waals surface area (Å²) in [6.45, 7) is 9.24. The number of hydrogen-bond acceptors (Lipinski definition) is 3. The van der Waals surface area contributed by atoms with Crippen molar-refractivity contribution in [2.75, 3.05) is 0 Å². The predicted molar refractivity (Wildman–Crippen MR) is 77.8 cm³/mol. The smallest absolute Gasteiger partial charge is 0.164 e. The van der Waals surface area contributed by atoms with Crippen LogP contribution in [0.2, 0.25) is 5.15 Å². The van der Waals surface area contributed by atoms with E-state index in [1.54, 1.807) is 6.08 Å². The molecule has 0 fully saturated rings. The van der Waals surface area contributed by atoms with E-state index >= 15 is 0 Å². The standard InChI is InChI=1S/C13H18ClFN2OS/c1-5-6-11(17-19(18)13(2,3)4)9-7-10(15)12(14)16-8-9/h5,7-8,11,17H,1,6H2,2-4H3/t11?,19-/m1/s1. The van der Waals surface area contributed by atoms with Gasteiger partial charge in [-0.25, -0.2) is 9.37 Å². The van der Waals surface area contributed by atoms with Crippen molar-refractivity contribution in [3.63, 3.8) is 0 Å². The van der Waals surface area contributed by atoms with Crippen LogP contribution in [-0.2, 0) is 11.4 Å². The van der Waals surface area contributed by atoms with Gasteiger partial charge in [-0.2, -0.15) is 0 Å². The van der Waals surface area contributed by atoms with Crippen LogP contribution < -0.4 is 4.72 Å². The van der Waals surface area contributed by atoms with Crippen molar-refractivity contribution in [1.82, 2.24) is 9.71 Å². The third-order valence-electron chi connectivity index (χ3n) is 2.43. The number of hydrogen-bond donors (Lipinski definition) is 1. The molecule has 1 unspecified atom stereocenters. The highest BCUT2D eigenvalue weighted by atomic mass is 35.5. The minimum atomic E-state index is -1.26. The molecule has 106 valence electrons. The SMILES string of the molecule is C=CCC(N[S@+]([O-])C(C)(C)C)c1cnc(Cl)c(F)c1. The molecule has 0 aliphatic heterocycles. The van der Waals surface area contributed by atoms with E-state index in [2.05, 4.69) is 16.3 Å². The molecule has 19 heavy (non-hydrogen) atoms. The van der Waals surface area contributed by atoms with Gasteiger partial charge in [0.2, 0.25) is 0 Å². The van der Waals surface area contributed by atoms with E-state index in [9.17, 15) is 8.94 Å². The zero-order valence-electron chi connectivity index (χ0n) is 11.2. The van der Waals surface area contributed by atoms with Gasteiger partial charge in [0.1, 0.15) is 4.75 Å². The molecule has 0 aliphatic rings. The molecule has 1 heterocycles. The second kappa shape index (κ2) is 6.70. The van der Waals surface area contributed by atoms with Crippen molar-refractivity contribution in [3.8, 4) is 0 Å². The van der Waals surface area contributed by atoms with E-state index in [0.717, 1.165) is 0 Å². The molecular weight excluding hydrogens is 287 g/mol. The molecule has 1 aromatic rings. The maximum atomic E-state index is 13.4. The summed E-state index contributed by atoms with van der Waals surface area (Å²) in [5.41, 5.74) is 0.597. The Hall–Kier alpha value is -0.620. The average molecular weight is 305 g/mol. The van der Waals surface area contributed by atoms with Crippen LogP contribution >= 0.6 is 11.6 Å². The van der Waals surface area contributed by atoms with E-state index in [4.69, 9.17) is 11.6 Å². The largest absolute Gasteiger partial charge is 0.598 e. The maximum Gasteiger partial charge on any atom is 0.164 e. The molecule has 1 aromatic heterocycles. The quantitative estimate of drug-likeness (QED) is 0.514. The molecule has 0 saturated heterocycles. The Balaban J connectivity index is 2.93. The van der Waals surface area contributed by atoms with Gasteiger partial charge in [0.25, 0.3) is 0 Å². The fourth-order valence-electron chi connectivity index (χ4n) is 1.35. The average Bonchev–Trinajstić information content (AvgIpc) is 2.31. The summed E-state index contributed by atoms with van der Waals surface area (Å²) in [5, 5.41) is -0.168. The van der Waals surface area contributed by atoms with Crippen LogP contribution in [0.5, 0.6) is 0 Å². The lowest BCUT2D eigenvalue weighted by atomic mass is 10.1. The van der Waals surface area contributed by atoms with Gasteiger partial charge in [0.05, 0.1) is 6.04 Å². The van der Waals surface area contributed by atoms with Crippen molar-refractivity contribution < 1.29 is 8.94 Å². The first kappa shape index (κ1) is 16.4. The summed E-state index contributed by atoms with van der Waals surface area (Å²) < 4.78 is 28.1. The van der Waals surface area contributed by atoms with E-state index in [0.29, 0.717) is 12.0 Å². The van der Waals surface area contributed by atoms with Gasteiger partial charge < -0.3 is 4.55 Å². The highest BCUT2D eigenvalue weighted by Gasteiger charge is 2.29. The van der Waals surface area contributed by atoms with Crippen molar-refractivity contribution in [3.05, 3.63) is 41.5 Å². The van der Waals surface area contributed by atoms with Crippen LogP contribution in [0.3, 0.4) is 0 Å². The highest BCUT2D eigenvalue weighted by Crippen LogP contribution is 2.24. The summed E-state index contributed by atoms with van der Waals surface area (Å²) in [6.07, 6.45) is 3.68. The zero-order chi connectivity index (χ0) is 14.6. The first-order chi connectivity index (χ1) is 8.75. The molecule has 0 spiro atoms. The molecule has 1 N–H and O–H groups in total. The van der Waals surface area contributed by atoms with E-state index in [-0.39, 0.29) is 11.2 Å². The minimum Gasteiger partial charge on any atom is -0.598 e. The van der Waals surface area contributed by atoms with Gasteiger partial charge in [-0.1, -0.05) is 17.7 Å². The molecule has 0 saturated carbocycles. The lowest BCUT2D eigenvalue weighted by Crippen LogP contribution is -2.41. The van der Waals surface area contributed by atoms with Crippen molar-refractivity contribution in [2.45, 2.75) is 38.0 Å². The summed E-state index contributed by atoms with van der Waals surface area (Å²) in [7, 11) is 0. The van der Waals surface area contributed by atoms with Crippen LogP contribution in [0.25, 0.3) is 0 Å². The van der Waals surface area contributed by atoms with Crippen molar-refractivity contribution in [1.29, 1.82) is 0 Å². The second-order valence-corrected chi connectivity index (χ2v) is 7.47. The maximum absolute atomic E-state index is 13.4. The number of nitrogens with zero attached hydrogens (tertiary/aromatic N) is 1. The highest BCUT2D eigenvalue weighted by molar-refractivity contribution is 7.90. The van der Waals surface area contributed by atoms with Crippen LogP contribution in [0.1, 0.15) is 38.8 Å². The Morgan fingerprint density at radius 3 is 2.74 bits per heavy atom. The Morgan fingerprint density at radius 1 is 1.63 bits per heavy atom. The Morgan fingerprint density at radius 2 is 2.26 bits per heavy atom. The molecule has 0 bridgehead atoms. The molecule has 0 amide bonds. The number of pyridine rings is 1. The number of nitrogens with one attached hydrogen (secondary N) is 1. The molecule has 0 aliphatic carbocycles. The molecule has 3 nitrogen and oxygen atoms in total. The van der Waals surface area contributed by atoms with E-state index < -0.39 is 21.9 Å².